The van der Waals surface area contributed by atoms with Crippen molar-refractivity contribution in [3.63, 3.8) is 0 Å². The van der Waals surface area contributed by atoms with Gasteiger partial charge in [-0.05, 0) is 11.6 Å². The van der Waals surface area contributed by atoms with Crippen LogP contribution in [-0.4, -0.2) is 5.78 Å². The minimum absolute atomic E-state index is 0.0118. The number of carbonyl (C=O) groups is 1. The zero-order chi connectivity index (χ0) is 11.4. The minimum Gasteiger partial charge on any atom is -0.326 e. The molecule has 0 aliphatic heterocycles. The van der Waals surface area contributed by atoms with Crippen LogP contribution < -0.4 is 5.73 Å². The van der Waals surface area contributed by atoms with Crippen LogP contribution in [-0.2, 0) is 17.8 Å². The molecule has 1 aromatic carbocycles. The zero-order valence-corrected chi connectivity index (χ0v) is 9.09. The van der Waals surface area contributed by atoms with E-state index in [-0.39, 0.29) is 24.1 Å². The van der Waals surface area contributed by atoms with Gasteiger partial charge in [0, 0.05) is 24.4 Å². The summed E-state index contributed by atoms with van der Waals surface area (Å²) in [4.78, 5) is 11.4. The second kappa shape index (κ2) is 5.03. The van der Waals surface area contributed by atoms with Gasteiger partial charge in [0.05, 0.1) is 0 Å². The lowest BCUT2D eigenvalue weighted by atomic mass is 10.00. The van der Waals surface area contributed by atoms with Gasteiger partial charge in [-0.25, -0.2) is 4.39 Å². The number of nitrogens with two attached hydrogens (primary N) is 1. The molecule has 0 spiro atoms. The highest BCUT2D eigenvalue weighted by molar-refractivity contribution is 5.82. The third-order valence-corrected chi connectivity index (χ3v) is 2.36. The fourth-order valence-electron chi connectivity index (χ4n) is 1.27. The maximum absolute atomic E-state index is 13.3. The Hall–Kier alpha value is -1.22. The van der Waals surface area contributed by atoms with E-state index in [1.54, 1.807) is 12.1 Å². The maximum Gasteiger partial charge on any atom is 0.139 e. The number of carbonyl (C=O) groups excluding carboxylic acids is 1. The monoisotopic (exact) mass is 209 g/mol. The Kier molecular flexibility index (Phi) is 3.97. The maximum atomic E-state index is 13.3. The van der Waals surface area contributed by atoms with Crippen molar-refractivity contribution in [2.45, 2.75) is 26.8 Å². The molecule has 0 aliphatic carbocycles. The van der Waals surface area contributed by atoms with Crippen molar-refractivity contribution in [1.82, 2.24) is 0 Å². The summed E-state index contributed by atoms with van der Waals surface area (Å²) in [7, 11) is 0. The number of hydrogen-bond donors (Lipinski definition) is 1. The third kappa shape index (κ3) is 3.13. The van der Waals surface area contributed by atoms with Gasteiger partial charge in [0.2, 0.25) is 0 Å². The van der Waals surface area contributed by atoms with E-state index in [4.69, 9.17) is 5.73 Å². The summed E-state index contributed by atoms with van der Waals surface area (Å²) in [6, 6.07) is 4.78. The molecule has 82 valence electrons. The van der Waals surface area contributed by atoms with E-state index in [0.29, 0.717) is 17.5 Å². The summed E-state index contributed by atoms with van der Waals surface area (Å²) >= 11 is 0. The highest BCUT2D eigenvalue weighted by atomic mass is 19.1. The van der Waals surface area contributed by atoms with Crippen LogP contribution in [0.15, 0.2) is 18.2 Å². The van der Waals surface area contributed by atoms with E-state index in [9.17, 15) is 9.18 Å². The normalized spacial score (nSPS) is 10.7. The van der Waals surface area contributed by atoms with Gasteiger partial charge in [0.25, 0.3) is 0 Å². The van der Waals surface area contributed by atoms with Crippen molar-refractivity contribution < 1.29 is 9.18 Å². The molecule has 0 heterocycles. The summed E-state index contributed by atoms with van der Waals surface area (Å²) in [6.45, 7) is 3.87. The molecule has 0 fully saturated rings. The molecule has 2 N–H and O–H groups in total. The van der Waals surface area contributed by atoms with E-state index >= 15 is 0 Å². The fraction of sp³-hybridized carbons (Fsp3) is 0.417. The van der Waals surface area contributed by atoms with Crippen LogP contribution in [0.2, 0.25) is 0 Å². The SMILES string of the molecule is CC(C)C(=O)Cc1ccc(CN)c(F)c1. The summed E-state index contributed by atoms with van der Waals surface area (Å²) in [6.07, 6.45) is 0.291. The van der Waals surface area contributed by atoms with Crippen LogP contribution in [0.1, 0.15) is 25.0 Å². The molecule has 0 aliphatic rings. The van der Waals surface area contributed by atoms with Crippen molar-refractivity contribution in [2.75, 3.05) is 0 Å². The molecule has 2 nitrogen and oxygen atoms in total. The van der Waals surface area contributed by atoms with E-state index < -0.39 is 0 Å². The standard InChI is InChI=1S/C12H16FNO/c1-8(2)12(15)6-9-3-4-10(7-14)11(13)5-9/h3-5,8H,6-7,14H2,1-2H3. The molecular weight excluding hydrogens is 193 g/mol. The predicted molar refractivity (Wildman–Crippen MR) is 57.8 cm³/mol. The molecule has 0 amide bonds. The number of Topliss-reactive ketones (excluding diaryl/α,β-unsaturated/α-hetero) is 1. The van der Waals surface area contributed by atoms with Crippen LogP contribution in [0.4, 0.5) is 4.39 Å². The van der Waals surface area contributed by atoms with Gasteiger partial charge >= 0.3 is 0 Å². The van der Waals surface area contributed by atoms with Crippen molar-refractivity contribution in [3.05, 3.63) is 35.1 Å². The quantitative estimate of drug-likeness (QED) is 0.824. The predicted octanol–water partition coefficient (Wildman–Crippen LogP) is 2.05. The smallest absolute Gasteiger partial charge is 0.139 e. The molecule has 15 heavy (non-hydrogen) atoms. The van der Waals surface area contributed by atoms with Crippen LogP contribution in [0.3, 0.4) is 0 Å². The molecule has 0 saturated heterocycles. The summed E-state index contributed by atoms with van der Waals surface area (Å²) in [5, 5.41) is 0. The average molecular weight is 209 g/mol. The lowest BCUT2D eigenvalue weighted by molar-refractivity contribution is -0.121. The number of benzene rings is 1. The Labute approximate surface area is 89.3 Å². The summed E-state index contributed by atoms with van der Waals surface area (Å²) in [5.74, 6) is -0.219. The first-order valence-corrected chi connectivity index (χ1v) is 5.04. The van der Waals surface area contributed by atoms with Gasteiger partial charge in [-0.2, -0.15) is 0 Å². The first-order valence-electron chi connectivity index (χ1n) is 5.04. The van der Waals surface area contributed by atoms with Crippen molar-refractivity contribution in [2.24, 2.45) is 11.7 Å². The van der Waals surface area contributed by atoms with E-state index in [1.807, 2.05) is 13.8 Å². The number of hydrogen-bond acceptors (Lipinski definition) is 2. The Morgan fingerprint density at radius 1 is 1.47 bits per heavy atom. The van der Waals surface area contributed by atoms with E-state index in [1.165, 1.54) is 6.07 Å². The van der Waals surface area contributed by atoms with Gasteiger partial charge in [-0.1, -0.05) is 26.0 Å². The Morgan fingerprint density at radius 3 is 2.60 bits per heavy atom. The first-order chi connectivity index (χ1) is 7.04. The second-order valence-corrected chi connectivity index (χ2v) is 3.93. The molecule has 0 atom stereocenters. The van der Waals surface area contributed by atoms with Crippen LogP contribution in [0.25, 0.3) is 0 Å². The molecule has 3 heteroatoms. The van der Waals surface area contributed by atoms with Gasteiger partial charge in [-0.3, -0.25) is 4.79 Å². The van der Waals surface area contributed by atoms with Gasteiger partial charge in [0.15, 0.2) is 0 Å². The van der Waals surface area contributed by atoms with Crippen molar-refractivity contribution >= 4 is 5.78 Å². The minimum atomic E-state index is -0.327. The lowest BCUT2D eigenvalue weighted by Crippen LogP contribution is -2.10. The topological polar surface area (TPSA) is 43.1 Å². The lowest BCUT2D eigenvalue weighted by Gasteiger charge is -2.06. The Bertz CT molecular complexity index is 361. The molecule has 1 rings (SSSR count). The largest absolute Gasteiger partial charge is 0.326 e. The van der Waals surface area contributed by atoms with E-state index in [2.05, 4.69) is 0 Å². The molecule has 1 aromatic rings. The van der Waals surface area contributed by atoms with Crippen LogP contribution in [0.5, 0.6) is 0 Å². The van der Waals surface area contributed by atoms with Crippen molar-refractivity contribution in [1.29, 1.82) is 0 Å². The average Bonchev–Trinajstić information content (AvgIpc) is 2.18. The van der Waals surface area contributed by atoms with Gasteiger partial charge in [-0.15, -0.1) is 0 Å². The Balaban J connectivity index is 2.80. The molecule has 0 saturated carbocycles. The van der Waals surface area contributed by atoms with Gasteiger partial charge in [0.1, 0.15) is 11.6 Å². The second-order valence-electron chi connectivity index (χ2n) is 3.93. The van der Waals surface area contributed by atoms with Crippen LogP contribution >= 0.6 is 0 Å². The number of ketones is 1. The summed E-state index contributed by atoms with van der Waals surface area (Å²) < 4.78 is 13.3. The fourth-order valence-corrected chi connectivity index (χ4v) is 1.27. The highest BCUT2D eigenvalue weighted by Gasteiger charge is 2.09. The number of halogens is 1. The molecule has 0 bridgehead atoms. The molecule has 0 unspecified atom stereocenters. The highest BCUT2D eigenvalue weighted by Crippen LogP contribution is 2.12. The number of rotatable bonds is 4. The summed E-state index contributed by atoms with van der Waals surface area (Å²) in [5.41, 5.74) is 6.54. The van der Waals surface area contributed by atoms with Crippen molar-refractivity contribution in [3.8, 4) is 0 Å². The third-order valence-electron chi connectivity index (χ3n) is 2.36. The Morgan fingerprint density at radius 2 is 2.13 bits per heavy atom. The molecule has 0 radical (unpaired) electrons. The van der Waals surface area contributed by atoms with E-state index in [0.717, 1.165) is 0 Å². The van der Waals surface area contributed by atoms with Gasteiger partial charge < -0.3 is 5.73 Å². The molecule has 0 aromatic heterocycles. The zero-order valence-electron chi connectivity index (χ0n) is 9.09. The first kappa shape index (κ1) is 11.9. The van der Waals surface area contributed by atoms with Crippen LogP contribution in [0, 0.1) is 11.7 Å². The molecular formula is C12H16FNO.